The van der Waals surface area contributed by atoms with E-state index in [9.17, 15) is 4.79 Å². The van der Waals surface area contributed by atoms with Crippen molar-refractivity contribution >= 4 is 22.8 Å². The van der Waals surface area contributed by atoms with E-state index in [-0.39, 0.29) is 12.7 Å². The molecule has 1 aliphatic rings. The van der Waals surface area contributed by atoms with Gasteiger partial charge in [0.2, 0.25) is 6.79 Å². The van der Waals surface area contributed by atoms with Crippen molar-refractivity contribution in [3.8, 4) is 11.5 Å². The Morgan fingerprint density at radius 2 is 2.00 bits per heavy atom. The molecule has 152 valence electrons. The summed E-state index contributed by atoms with van der Waals surface area (Å²) >= 11 is 0. The van der Waals surface area contributed by atoms with E-state index in [1.807, 2.05) is 36.4 Å². The number of hydrogen-bond acceptors (Lipinski definition) is 5. The first-order valence-electron chi connectivity index (χ1n) is 9.77. The molecule has 0 aliphatic carbocycles. The fourth-order valence-corrected chi connectivity index (χ4v) is 3.55. The Labute approximate surface area is 173 Å². The number of amides is 1. The van der Waals surface area contributed by atoms with Gasteiger partial charge in [0.1, 0.15) is 5.82 Å². The molecule has 0 radical (unpaired) electrons. The Kier molecular flexibility index (Phi) is 4.39. The molecule has 30 heavy (non-hydrogen) atoms. The highest BCUT2D eigenvalue weighted by molar-refractivity contribution is 6.05. The normalized spacial score (nSPS) is 12.6. The van der Waals surface area contributed by atoms with Crippen LogP contribution in [0.2, 0.25) is 0 Å². The SMILES string of the molecule is CC(C)n1cnc2cc(C(=O)Nc3ccnn3Cc3ccc4c(c3)OCO4)ccc21. The van der Waals surface area contributed by atoms with Crippen LogP contribution in [0, 0.1) is 0 Å². The summed E-state index contributed by atoms with van der Waals surface area (Å²) in [4.78, 5) is 17.3. The van der Waals surface area contributed by atoms with Crippen molar-refractivity contribution < 1.29 is 14.3 Å². The minimum absolute atomic E-state index is 0.205. The van der Waals surface area contributed by atoms with E-state index >= 15 is 0 Å². The van der Waals surface area contributed by atoms with E-state index < -0.39 is 0 Å². The first kappa shape index (κ1) is 18.2. The largest absolute Gasteiger partial charge is 0.454 e. The van der Waals surface area contributed by atoms with E-state index in [4.69, 9.17) is 9.47 Å². The number of anilines is 1. The molecular formula is C22H21N5O3. The summed E-state index contributed by atoms with van der Waals surface area (Å²) in [6, 6.07) is 13.4. The van der Waals surface area contributed by atoms with Crippen molar-refractivity contribution in [2.75, 3.05) is 12.1 Å². The maximum absolute atomic E-state index is 12.8. The zero-order valence-corrected chi connectivity index (χ0v) is 16.7. The summed E-state index contributed by atoms with van der Waals surface area (Å²) in [5, 5.41) is 7.28. The molecule has 1 N–H and O–H groups in total. The number of carbonyl (C=O) groups is 1. The quantitative estimate of drug-likeness (QED) is 0.547. The molecule has 0 saturated heterocycles. The van der Waals surface area contributed by atoms with Gasteiger partial charge in [0, 0.05) is 17.7 Å². The fourth-order valence-electron chi connectivity index (χ4n) is 3.55. The first-order valence-corrected chi connectivity index (χ1v) is 9.77. The third kappa shape index (κ3) is 3.26. The standard InChI is InChI=1S/C22H21N5O3/c1-14(2)26-12-23-17-10-16(4-5-18(17)26)22(28)25-21-7-8-24-27(21)11-15-3-6-19-20(9-15)30-13-29-19/h3-10,12,14H,11,13H2,1-2H3,(H,25,28). The van der Waals surface area contributed by atoms with E-state index in [1.165, 1.54) is 0 Å². The molecule has 1 aliphatic heterocycles. The molecule has 0 unspecified atom stereocenters. The molecular weight excluding hydrogens is 382 g/mol. The molecule has 1 amide bonds. The number of aromatic nitrogens is 4. The number of benzene rings is 2. The number of fused-ring (bicyclic) bond motifs is 2. The van der Waals surface area contributed by atoms with Gasteiger partial charge < -0.3 is 19.4 Å². The van der Waals surface area contributed by atoms with Crippen LogP contribution < -0.4 is 14.8 Å². The predicted octanol–water partition coefficient (Wildman–Crippen LogP) is 3.84. The lowest BCUT2D eigenvalue weighted by Gasteiger charge is -2.10. The summed E-state index contributed by atoms with van der Waals surface area (Å²) in [5.41, 5.74) is 3.35. The second-order valence-electron chi connectivity index (χ2n) is 7.46. The molecule has 0 spiro atoms. The van der Waals surface area contributed by atoms with Crippen LogP contribution >= 0.6 is 0 Å². The molecule has 3 heterocycles. The molecule has 0 saturated carbocycles. The lowest BCUT2D eigenvalue weighted by Crippen LogP contribution is -2.16. The third-order valence-electron chi connectivity index (χ3n) is 5.12. The van der Waals surface area contributed by atoms with Crippen molar-refractivity contribution in [2.45, 2.75) is 26.4 Å². The highest BCUT2D eigenvalue weighted by Gasteiger charge is 2.16. The molecule has 2 aromatic carbocycles. The van der Waals surface area contributed by atoms with Gasteiger partial charge in [-0.05, 0) is 49.7 Å². The summed E-state index contributed by atoms with van der Waals surface area (Å²) in [6.45, 7) is 4.94. The molecule has 2 aromatic heterocycles. The molecule has 0 bridgehead atoms. The minimum Gasteiger partial charge on any atom is -0.454 e. The number of ether oxygens (including phenoxy) is 2. The first-order chi connectivity index (χ1) is 14.6. The van der Waals surface area contributed by atoms with Gasteiger partial charge in [-0.3, -0.25) is 4.79 Å². The van der Waals surface area contributed by atoms with E-state index in [0.717, 1.165) is 28.1 Å². The van der Waals surface area contributed by atoms with E-state index in [2.05, 4.69) is 33.8 Å². The smallest absolute Gasteiger partial charge is 0.256 e. The number of carbonyl (C=O) groups excluding carboxylic acids is 1. The van der Waals surface area contributed by atoms with Gasteiger partial charge in [0.05, 0.1) is 30.1 Å². The van der Waals surface area contributed by atoms with Crippen LogP contribution in [0.3, 0.4) is 0 Å². The Balaban J connectivity index is 1.35. The second kappa shape index (κ2) is 7.22. The van der Waals surface area contributed by atoms with Crippen molar-refractivity contribution in [3.05, 3.63) is 66.1 Å². The number of hydrogen-bond donors (Lipinski definition) is 1. The highest BCUT2D eigenvalue weighted by Crippen LogP contribution is 2.32. The Morgan fingerprint density at radius 3 is 2.87 bits per heavy atom. The van der Waals surface area contributed by atoms with Crippen molar-refractivity contribution in [3.63, 3.8) is 0 Å². The predicted molar refractivity (Wildman–Crippen MR) is 112 cm³/mol. The number of imidazole rings is 1. The highest BCUT2D eigenvalue weighted by atomic mass is 16.7. The van der Waals surface area contributed by atoms with Crippen molar-refractivity contribution in [1.82, 2.24) is 19.3 Å². The molecule has 0 atom stereocenters. The Hall–Kier alpha value is -3.81. The van der Waals surface area contributed by atoms with Gasteiger partial charge >= 0.3 is 0 Å². The lowest BCUT2D eigenvalue weighted by molar-refractivity contribution is 0.102. The van der Waals surface area contributed by atoms with Crippen LogP contribution in [0.15, 0.2) is 55.0 Å². The van der Waals surface area contributed by atoms with Crippen LogP contribution in [0.4, 0.5) is 5.82 Å². The lowest BCUT2D eigenvalue weighted by atomic mass is 10.2. The van der Waals surface area contributed by atoms with Gasteiger partial charge in [-0.25, -0.2) is 9.67 Å². The molecule has 8 nitrogen and oxygen atoms in total. The summed E-state index contributed by atoms with van der Waals surface area (Å²) in [7, 11) is 0. The topological polar surface area (TPSA) is 83.2 Å². The van der Waals surface area contributed by atoms with Gasteiger partial charge in [-0.1, -0.05) is 6.07 Å². The zero-order chi connectivity index (χ0) is 20.7. The average Bonchev–Trinajstić information content (AvgIpc) is 3.46. The van der Waals surface area contributed by atoms with E-state index in [1.54, 1.807) is 23.3 Å². The van der Waals surface area contributed by atoms with Crippen LogP contribution in [-0.4, -0.2) is 32.0 Å². The van der Waals surface area contributed by atoms with Gasteiger partial charge in [0.25, 0.3) is 5.91 Å². The van der Waals surface area contributed by atoms with Gasteiger partial charge in [-0.15, -0.1) is 0 Å². The average molecular weight is 403 g/mol. The van der Waals surface area contributed by atoms with Crippen LogP contribution in [0.5, 0.6) is 11.5 Å². The second-order valence-corrected chi connectivity index (χ2v) is 7.46. The molecule has 5 rings (SSSR count). The number of rotatable bonds is 5. The van der Waals surface area contributed by atoms with Crippen LogP contribution in [-0.2, 0) is 6.54 Å². The van der Waals surface area contributed by atoms with Crippen molar-refractivity contribution in [1.29, 1.82) is 0 Å². The van der Waals surface area contributed by atoms with Crippen LogP contribution in [0.1, 0.15) is 35.8 Å². The summed E-state index contributed by atoms with van der Waals surface area (Å²) in [6.07, 6.45) is 3.47. The number of nitrogens with zero attached hydrogens (tertiary/aromatic N) is 4. The summed E-state index contributed by atoms with van der Waals surface area (Å²) in [5.74, 6) is 1.87. The summed E-state index contributed by atoms with van der Waals surface area (Å²) < 4.78 is 14.6. The van der Waals surface area contributed by atoms with Gasteiger partial charge in [-0.2, -0.15) is 5.10 Å². The van der Waals surface area contributed by atoms with E-state index in [0.29, 0.717) is 24.0 Å². The van der Waals surface area contributed by atoms with Crippen LogP contribution in [0.25, 0.3) is 11.0 Å². The number of nitrogens with one attached hydrogen (secondary N) is 1. The monoisotopic (exact) mass is 403 g/mol. The molecule has 8 heteroatoms. The van der Waals surface area contributed by atoms with Crippen molar-refractivity contribution in [2.24, 2.45) is 0 Å². The Bertz CT molecular complexity index is 1240. The van der Waals surface area contributed by atoms with Gasteiger partial charge in [0.15, 0.2) is 11.5 Å². The fraction of sp³-hybridized carbons (Fsp3) is 0.227. The Morgan fingerprint density at radius 1 is 1.13 bits per heavy atom. The zero-order valence-electron chi connectivity index (χ0n) is 16.7. The maximum atomic E-state index is 12.8. The molecule has 0 fully saturated rings. The third-order valence-corrected chi connectivity index (χ3v) is 5.12. The minimum atomic E-state index is -0.205. The maximum Gasteiger partial charge on any atom is 0.256 e. The molecule has 4 aromatic rings.